The van der Waals surface area contributed by atoms with Gasteiger partial charge < -0.3 is 14.8 Å². The van der Waals surface area contributed by atoms with Crippen molar-refractivity contribution in [1.82, 2.24) is 5.32 Å². The molecule has 0 aliphatic heterocycles. The third kappa shape index (κ3) is 4.46. The first-order chi connectivity index (χ1) is 10.2. The molecular weight excluding hydrogens is 266 g/mol. The van der Waals surface area contributed by atoms with Gasteiger partial charge in [-0.15, -0.1) is 0 Å². The Labute approximate surface area is 125 Å². The van der Waals surface area contributed by atoms with E-state index in [9.17, 15) is 4.79 Å². The van der Waals surface area contributed by atoms with Crippen LogP contribution in [0.15, 0.2) is 36.4 Å². The maximum Gasteiger partial charge on any atom is 0.217 e. The molecule has 0 aromatic heterocycles. The van der Waals surface area contributed by atoms with E-state index >= 15 is 0 Å². The normalized spacial score (nSPS) is 10.6. The lowest BCUT2D eigenvalue weighted by molar-refractivity contribution is -0.119. The molecule has 2 aromatic rings. The van der Waals surface area contributed by atoms with Crippen LogP contribution in [0.2, 0.25) is 0 Å². The maximum atomic E-state index is 11.1. The number of nitrogens with one attached hydrogen (secondary N) is 1. The van der Waals surface area contributed by atoms with Crippen molar-refractivity contribution in [3.05, 3.63) is 42.0 Å². The molecule has 0 radical (unpaired) electrons. The highest BCUT2D eigenvalue weighted by molar-refractivity contribution is 5.87. The summed E-state index contributed by atoms with van der Waals surface area (Å²) in [6.45, 7) is 3.38. The van der Waals surface area contributed by atoms with E-state index < -0.39 is 0 Å². The molecule has 0 saturated heterocycles. The van der Waals surface area contributed by atoms with E-state index in [-0.39, 0.29) is 5.91 Å². The van der Waals surface area contributed by atoms with Crippen molar-refractivity contribution in [2.75, 3.05) is 20.3 Å². The van der Waals surface area contributed by atoms with Gasteiger partial charge in [0.1, 0.15) is 5.75 Å². The number of carbonyl (C=O) groups is 1. The number of rotatable bonds is 7. The van der Waals surface area contributed by atoms with Crippen LogP contribution in [0.4, 0.5) is 0 Å². The van der Waals surface area contributed by atoms with Gasteiger partial charge in [-0.3, -0.25) is 4.79 Å². The van der Waals surface area contributed by atoms with Crippen LogP contribution in [0.25, 0.3) is 10.8 Å². The zero-order valence-electron chi connectivity index (χ0n) is 12.5. The molecule has 0 saturated carbocycles. The number of hydrogen-bond acceptors (Lipinski definition) is 3. The Morgan fingerprint density at radius 1 is 1.19 bits per heavy atom. The molecule has 0 aliphatic rings. The molecule has 0 aliphatic carbocycles. The van der Waals surface area contributed by atoms with Gasteiger partial charge in [0.2, 0.25) is 5.91 Å². The zero-order chi connectivity index (χ0) is 15.1. The predicted molar refractivity (Wildman–Crippen MR) is 83.5 cm³/mol. The summed E-state index contributed by atoms with van der Waals surface area (Å²) in [6.07, 6.45) is 0.863. The number of hydrogen-bond donors (Lipinski definition) is 1. The summed E-state index contributed by atoms with van der Waals surface area (Å²) in [5, 5.41) is 5.08. The molecule has 2 rings (SSSR count). The Hall–Kier alpha value is -2.07. The summed E-state index contributed by atoms with van der Waals surface area (Å²) in [5.74, 6) is 0.813. The summed E-state index contributed by atoms with van der Waals surface area (Å²) in [6, 6.07) is 12.1. The smallest absolute Gasteiger partial charge is 0.217 e. The van der Waals surface area contributed by atoms with Crippen LogP contribution in [0, 0.1) is 0 Å². The van der Waals surface area contributed by atoms with Gasteiger partial charge in [0.25, 0.3) is 0 Å². The van der Waals surface area contributed by atoms with Crippen molar-refractivity contribution in [3.63, 3.8) is 0 Å². The van der Waals surface area contributed by atoms with Gasteiger partial charge in [-0.25, -0.2) is 0 Å². The van der Waals surface area contributed by atoms with E-state index in [4.69, 9.17) is 9.47 Å². The highest BCUT2D eigenvalue weighted by atomic mass is 16.5. The quantitative estimate of drug-likeness (QED) is 0.797. The highest BCUT2D eigenvalue weighted by Gasteiger charge is 2.04. The zero-order valence-corrected chi connectivity index (χ0v) is 12.5. The molecule has 4 nitrogen and oxygen atoms in total. The molecule has 0 unspecified atom stereocenters. The fourth-order valence-electron chi connectivity index (χ4n) is 2.17. The van der Waals surface area contributed by atoms with Crippen molar-refractivity contribution in [1.29, 1.82) is 0 Å². The molecule has 0 bridgehead atoms. The van der Waals surface area contributed by atoms with Crippen LogP contribution in [-0.2, 0) is 16.1 Å². The van der Waals surface area contributed by atoms with E-state index in [1.807, 2.05) is 30.3 Å². The number of methoxy groups -OCH3 is 1. The Kier molecular flexibility index (Phi) is 5.58. The minimum absolute atomic E-state index is 0.0287. The SMILES string of the molecule is COCCCOc1ccc2cccc(CNC(C)=O)c2c1. The molecule has 0 spiro atoms. The topological polar surface area (TPSA) is 47.6 Å². The minimum Gasteiger partial charge on any atom is -0.493 e. The fraction of sp³-hybridized carbons (Fsp3) is 0.353. The number of amides is 1. The number of fused-ring (bicyclic) bond motifs is 1. The molecular formula is C17H21NO3. The van der Waals surface area contributed by atoms with Crippen LogP contribution in [0.3, 0.4) is 0 Å². The summed E-state index contributed by atoms with van der Waals surface area (Å²) in [7, 11) is 1.68. The monoisotopic (exact) mass is 287 g/mol. The molecule has 1 N–H and O–H groups in total. The first kappa shape index (κ1) is 15.3. The highest BCUT2D eigenvalue weighted by Crippen LogP contribution is 2.24. The predicted octanol–water partition coefficient (Wildman–Crippen LogP) is 2.89. The van der Waals surface area contributed by atoms with Gasteiger partial charge in [-0.05, 0) is 28.5 Å². The van der Waals surface area contributed by atoms with Crippen molar-refractivity contribution >= 4 is 16.7 Å². The average Bonchev–Trinajstić information content (AvgIpc) is 2.49. The minimum atomic E-state index is -0.0287. The summed E-state index contributed by atoms with van der Waals surface area (Å²) < 4.78 is 10.7. The van der Waals surface area contributed by atoms with Crippen LogP contribution in [0.5, 0.6) is 5.75 Å². The molecule has 21 heavy (non-hydrogen) atoms. The summed E-state index contributed by atoms with van der Waals surface area (Å²) in [4.78, 5) is 11.1. The van der Waals surface area contributed by atoms with Gasteiger partial charge in [-0.2, -0.15) is 0 Å². The van der Waals surface area contributed by atoms with Crippen molar-refractivity contribution < 1.29 is 14.3 Å². The third-order valence-corrected chi connectivity index (χ3v) is 3.23. The van der Waals surface area contributed by atoms with E-state index in [0.717, 1.165) is 28.5 Å². The van der Waals surface area contributed by atoms with Crippen molar-refractivity contribution in [2.45, 2.75) is 19.9 Å². The van der Waals surface area contributed by atoms with E-state index in [1.165, 1.54) is 6.92 Å². The second-order valence-electron chi connectivity index (χ2n) is 4.90. The lowest BCUT2D eigenvalue weighted by Crippen LogP contribution is -2.18. The van der Waals surface area contributed by atoms with Gasteiger partial charge in [0.15, 0.2) is 0 Å². The molecule has 0 atom stereocenters. The first-order valence-electron chi connectivity index (χ1n) is 7.08. The molecule has 1 amide bonds. The van der Waals surface area contributed by atoms with Gasteiger partial charge in [0, 0.05) is 33.6 Å². The van der Waals surface area contributed by atoms with Crippen LogP contribution in [-0.4, -0.2) is 26.2 Å². The van der Waals surface area contributed by atoms with Crippen molar-refractivity contribution in [2.24, 2.45) is 0 Å². The van der Waals surface area contributed by atoms with Gasteiger partial charge in [0.05, 0.1) is 6.61 Å². The molecule has 2 aromatic carbocycles. The Morgan fingerprint density at radius 3 is 2.81 bits per heavy atom. The summed E-state index contributed by atoms with van der Waals surface area (Å²) >= 11 is 0. The van der Waals surface area contributed by atoms with Crippen LogP contribution < -0.4 is 10.1 Å². The van der Waals surface area contributed by atoms with E-state index in [0.29, 0.717) is 19.8 Å². The van der Waals surface area contributed by atoms with E-state index in [2.05, 4.69) is 11.4 Å². The lowest BCUT2D eigenvalue weighted by Gasteiger charge is -2.10. The Balaban J connectivity index is 2.15. The Bertz CT molecular complexity index is 610. The second kappa shape index (κ2) is 7.64. The van der Waals surface area contributed by atoms with Gasteiger partial charge >= 0.3 is 0 Å². The Morgan fingerprint density at radius 2 is 2.05 bits per heavy atom. The molecule has 4 heteroatoms. The second-order valence-corrected chi connectivity index (χ2v) is 4.90. The number of ether oxygens (including phenoxy) is 2. The fourth-order valence-corrected chi connectivity index (χ4v) is 2.17. The van der Waals surface area contributed by atoms with E-state index in [1.54, 1.807) is 7.11 Å². The first-order valence-corrected chi connectivity index (χ1v) is 7.08. The maximum absolute atomic E-state index is 11.1. The molecule has 0 heterocycles. The van der Waals surface area contributed by atoms with Crippen LogP contribution >= 0.6 is 0 Å². The number of carbonyl (C=O) groups excluding carboxylic acids is 1. The standard InChI is InChI=1S/C17H21NO3/c1-13(19)18-12-15-6-3-5-14-7-8-16(11-17(14)15)21-10-4-9-20-2/h3,5-8,11H,4,9-10,12H2,1-2H3,(H,18,19). The molecule has 0 fully saturated rings. The van der Waals surface area contributed by atoms with Crippen molar-refractivity contribution in [3.8, 4) is 5.75 Å². The summed E-state index contributed by atoms with van der Waals surface area (Å²) in [5.41, 5.74) is 1.09. The van der Waals surface area contributed by atoms with Gasteiger partial charge in [-0.1, -0.05) is 24.3 Å². The largest absolute Gasteiger partial charge is 0.493 e. The van der Waals surface area contributed by atoms with Crippen LogP contribution in [0.1, 0.15) is 18.9 Å². The lowest BCUT2D eigenvalue weighted by atomic mass is 10.0. The molecule has 112 valence electrons. The number of benzene rings is 2. The third-order valence-electron chi connectivity index (χ3n) is 3.23. The average molecular weight is 287 g/mol.